The maximum atomic E-state index is 13.3. The van der Waals surface area contributed by atoms with Gasteiger partial charge in [0.15, 0.2) is 0 Å². The van der Waals surface area contributed by atoms with Crippen molar-refractivity contribution in [1.82, 2.24) is 64.5 Å². The molecular formula is C48H76N14O19. The highest BCUT2D eigenvalue weighted by atomic mass is 16.5. The number of aliphatic carboxylic acids is 1. The Bertz CT molecular complexity index is 2370. The largest absolute Gasteiger partial charge is 0.481 e. The van der Waals surface area contributed by atoms with Gasteiger partial charge >= 0.3 is 5.97 Å². The Hall–Kier alpha value is -8.62. The highest BCUT2D eigenvalue weighted by molar-refractivity contribution is 6.13. The van der Waals surface area contributed by atoms with E-state index in [-0.39, 0.29) is 58.8 Å². The van der Waals surface area contributed by atoms with Crippen LogP contribution in [0.1, 0.15) is 19.3 Å². The maximum absolute atomic E-state index is 13.3. The van der Waals surface area contributed by atoms with Crippen LogP contribution in [0.3, 0.4) is 0 Å². The smallest absolute Gasteiger partial charge is 0.303 e. The van der Waals surface area contributed by atoms with Crippen LogP contribution in [-0.2, 0) is 86.2 Å². The fourth-order valence-corrected chi connectivity index (χ4v) is 6.65. The fourth-order valence-electron chi connectivity index (χ4n) is 6.65. The van der Waals surface area contributed by atoms with Crippen LogP contribution < -0.4 is 16.4 Å². The van der Waals surface area contributed by atoms with Gasteiger partial charge in [0.25, 0.3) is 11.8 Å². The number of hydrogen-bond acceptors (Lipinski definition) is 18. The molecule has 1 heterocycles. The van der Waals surface area contributed by atoms with Crippen molar-refractivity contribution in [2.75, 3.05) is 175 Å². The zero-order valence-corrected chi connectivity index (χ0v) is 47.5. The zero-order chi connectivity index (χ0) is 61.8. The third kappa shape index (κ3) is 26.7. The van der Waals surface area contributed by atoms with Gasteiger partial charge in [-0.1, -0.05) is 0 Å². The van der Waals surface area contributed by atoms with Crippen molar-refractivity contribution < 1.29 is 91.3 Å². The van der Waals surface area contributed by atoms with Crippen LogP contribution >= 0.6 is 0 Å². The molecule has 452 valence electrons. The van der Waals surface area contributed by atoms with Crippen molar-refractivity contribution in [3.05, 3.63) is 12.2 Å². The van der Waals surface area contributed by atoms with Gasteiger partial charge in [-0.2, -0.15) is 0 Å². The van der Waals surface area contributed by atoms with Crippen LogP contribution in [0, 0.1) is 0 Å². The van der Waals surface area contributed by atoms with Gasteiger partial charge in [-0.05, 0) is 6.42 Å². The second kappa shape index (κ2) is 35.1. The number of carbonyl (C=O) groups excluding carboxylic acids is 15. The number of nitrogens with zero attached hydrogens (tertiary/aromatic N) is 11. The lowest BCUT2D eigenvalue weighted by molar-refractivity contribution is -0.146. The van der Waals surface area contributed by atoms with Gasteiger partial charge in [0, 0.05) is 109 Å². The number of hydrogen-bond donors (Lipinski definition) is 4. The van der Waals surface area contributed by atoms with Gasteiger partial charge in [-0.15, -0.1) is 0 Å². The summed E-state index contributed by atoms with van der Waals surface area (Å²) in [6, 6.07) is -1.38. The summed E-state index contributed by atoms with van der Waals surface area (Å²) < 4.78 is 10.6. The lowest BCUT2D eigenvalue weighted by atomic mass is 10.1. The lowest BCUT2D eigenvalue weighted by Crippen LogP contribution is -2.51. The molecule has 1 atom stereocenters. The minimum absolute atomic E-state index is 0.00676. The van der Waals surface area contributed by atoms with Crippen LogP contribution in [0.5, 0.6) is 0 Å². The number of carboxylic acids is 1. The van der Waals surface area contributed by atoms with E-state index >= 15 is 0 Å². The highest BCUT2D eigenvalue weighted by Gasteiger charge is 2.30. The number of imide groups is 1. The van der Waals surface area contributed by atoms with Crippen molar-refractivity contribution >= 4 is 94.6 Å². The standard InChI is InChI=1S/C48H76N14O19/c1-52(21-33(49)63)38(68)22-53(2)39(69)23-54(3)40(70)24-55(4)41(71)25-56(5)42(72)26-57(6)43(73)27-58(7)44(74)28-59(8)45(75)29-60(9)46(76)30-61(10)48(79)32(11-14-47(77)78)51-35(65)31-81-20-19-80-18-16-50-34(64)15-17-62-36(66)12-13-37(62)67/h12-13,32H,11,14-31H2,1-10H3,(H2,49,63)(H,50,64)(H,51,65)(H,77,78)/t32-/m0/s1. The van der Waals surface area contributed by atoms with E-state index in [1.165, 1.54) is 70.5 Å². The summed E-state index contributed by atoms with van der Waals surface area (Å²) >= 11 is 0. The molecule has 0 bridgehead atoms. The molecule has 1 aliphatic rings. The number of primary amides is 1. The molecule has 5 N–H and O–H groups in total. The molecule has 33 nitrogen and oxygen atoms in total. The number of ether oxygens (including phenoxy) is 2. The molecule has 33 heteroatoms. The molecule has 0 aliphatic carbocycles. The maximum Gasteiger partial charge on any atom is 0.303 e. The molecule has 81 heavy (non-hydrogen) atoms. The molecule has 0 unspecified atom stereocenters. The number of carboxylic acid groups (broad SMARTS) is 1. The summed E-state index contributed by atoms with van der Waals surface area (Å²) in [6.45, 7) is -5.39. The number of rotatable bonds is 36. The summed E-state index contributed by atoms with van der Waals surface area (Å²) in [6.07, 6.45) is 1.26. The van der Waals surface area contributed by atoms with Gasteiger partial charge in [0.2, 0.25) is 76.8 Å². The molecular weight excluding hydrogens is 1080 g/mol. The molecule has 1 rings (SSSR count). The Kier molecular flexibility index (Phi) is 30.5. The van der Waals surface area contributed by atoms with Crippen molar-refractivity contribution in [1.29, 1.82) is 0 Å². The quantitative estimate of drug-likeness (QED) is 0.0334. The molecule has 0 fully saturated rings. The predicted molar refractivity (Wildman–Crippen MR) is 279 cm³/mol. The van der Waals surface area contributed by atoms with E-state index in [9.17, 15) is 81.8 Å². The van der Waals surface area contributed by atoms with E-state index < -0.39 is 166 Å². The molecule has 0 aromatic carbocycles. The lowest BCUT2D eigenvalue weighted by Gasteiger charge is -2.28. The third-order valence-electron chi connectivity index (χ3n) is 11.9. The van der Waals surface area contributed by atoms with Gasteiger partial charge in [0.1, 0.15) is 12.6 Å². The molecule has 0 radical (unpaired) electrons. The molecule has 0 aromatic rings. The molecule has 0 spiro atoms. The molecule has 1 aliphatic heterocycles. The summed E-state index contributed by atoms with van der Waals surface area (Å²) in [5.74, 6) is -11.0. The second-order valence-electron chi connectivity index (χ2n) is 18.9. The zero-order valence-electron chi connectivity index (χ0n) is 47.5. The van der Waals surface area contributed by atoms with Crippen molar-refractivity contribution in [2.24, 2.45) is 5.73 Å². The first kappa shape index (κ1) is 70.4. The van der Waals surface area contributed by atoms with Crippen molar-refractivity contribution in [3.63, 3.8) is 0 Å². The molecule has 0 saturated carbocycles. The van der Waals surface area contributed by atoms with Crippen LogP contribution in [0.15, 0.2) is 12.2 Å². The Balaban J connectivity index is 2.55. The summed E-state index contributed by atoms with van der Waals surface area (Å²) in [4.78, 5) is 210. The summed E-state index contributed by atoms with van der Waals surface area (Å²) in [5.41, 5.74) is 5.09. The second-order valence-corrected chi connectivity index (χ2v) is 18.9. The highest BCUT2D eigenvalue weighted by Crippen LogP contribution is 2.06. The van der Waals surface area contributed by atoms with Gasteiger partial charge in [-0.25, -0.2) is 0 Å². The van der Waals surface area contributed by atoms with Crippen LogP contribution in [0.25, 0.3) is 0 Å². The fraction of sp³-hybridized carbons (Fsp3) is 0.625. The van der Waals surface area contributed by atoms with E-state index in [1.54, 1.807) is 0 Å². The number of nitrogens with one attached hydrogen (secondary N) is 2. The molecule has 0 saturated heterocycles. The predicted octanol–water partition coefficient (Wildman–Crippen LogP) is -8.13. The van der Waals surface area contributed by atoms with Crippen molar-refractivity contribution in [3.8, 4) is 0 Å². The van der Waals surface area contributed by atoms with E-state index in [0.717, 1.165) is 66.1 Å². The molecule has 0 aromatic heterocycles. The monoisotopic (exact) mass is 1150 g/mol. The van der Waals surface area contributed by atoms with E-state index in [1.807, 2.05) is 0 Å². The van der Waals surface area contributed by atoms with Crippen LogP contribution in [0.2, 0.25) is 0 Å². The average Bonchev–Trinajstić information content (AvgIpc) is 3.73. The van der Waals surface area contributed by atoms with E-state index in [2.05, 4.69) is 10.6 Å². The number of amides is 15. The summed E-state index contributed by atoms with van der Waals surface area (Å²) in [7, 11) is 12.9. The minimum atomic E-state index is -1.38. The van der Waals surface area contributed by atoms with E-state index in [0.29, 0.717) is 0 Å². The molecule has 15 amide bonds. The Labute approximate surface area is 468 Å². The van der Waals surface area contributed by atoms with Gasteiger partial charge < -0.3 is 79.9 Å². The first-order chi connectivity index (χ1) is 37.7. The number of carbonyl (C=O) groups is 16. The average molecular weight is 1150 g/mol. The summed E-state index contributed by atoms with van der Waals surface area (Å²) in [5, 5.41) is 14.2. The Morgan fingerprint density at radius 3 is 1.12 bits per heavy atom. The van der Waals surface area contributed by atoms with E-state index in [4.69, 9.17) is 15.2 Å². The van der Waals surface area contributed by atoms with Gasteiger partial charge in [-0.3, -0.25) is 81.6 Å². The first-order valence-electron chi connectivity index (χ1n) is 24.9. The Morgan fingerprint density at radius 2 is 0.790 bits per heavy atom. The number of likely N-dealkylation sites (N-methyl/N-ethyl adjacent to an activating group) is 10. The van der Waals surface area contributed by atoms with Gasteiger partial charge in [0.05, 0.1) is 85.3 Å². The third-order valence-corrected chi connectivity index (χ3v) is 11.9. The SMILES string of the molecule is CN(CC(N)=O)C(=O)CN(C)C(=O)CN(C)C(=O)CN(C)C(=O)CN(C)C(=O)CN(C)C(=O)CN(C)C(=O)CN(C)C(=O)CN(C)C(=O)CN(C)C(=O)[C@H](CCC(=O)O)NC(=O)COCCOCCNC(=O)CCN1C(=O)C=CC1=O. The minimum Gasteiger partial charge on any atom is -0.481 e. The van der Waals surface area contributed by atoms with Crippen LogP contribution in [-0.4, -0.2) is 335 Å². The van der Waals surface area contributed by atoms with Crippen molar-refractivity contribution in [2.45, 2.75) is 25.3 Å². The topological polar surface area (TPSA) is 398 Å². The first-order valence-corrected chi connectivity index (χ1v) is 24.9. The normalized spacial score (nSPS) is 11.9. The Morgan fingerprint density at radius 1 is 0.469 bits per heavy atom. The van der Waals surface area contributed by atoms with Crippen LogP contribution in [0.4, 0.5) is 0 Å². The number of nitrogens with two attached hydrogens (primary N) is 1.